The minimum absolute atomic E-state index is 0.316. The third kappa shape index (κ3) is 4.69. The van der Waals surface area contributed by atoms with Gasteiger partial charge in [-0.1, -0.05) is 6.07 Å². The molecule has 114 valence electrons. The van der Waals surface area contributed by atoms with E-state index in [1.165, 1.54) is 18.7 Å². The quantitative estimate of drug-likeness (QED) is 0.801. The molecule has 0 radical (unpaired) electrons. The van der Waals surface area contributed by atoms with Gasteiger partial charge in [-0.2, -0.15) is 11.8 Å². The molecule has 0 aliphatic rings. The molecule has 0 spiro atoms. The molecule has 4 nitrogen and oxygen atoms in total. The fraction of sp³-hybridized carbons (Fsp3) is 0.500. The Kier molecular flexibility index (Phi) is 5.93. The molecule has 0 saturated carbocycles. The molecular formula is C12H17F2NO3S2. The lowest BCUT2D eigenvalue weighted by molar-refractivity contribution is 0.0625. The monoisotopic (exact) mass is 325 g/mol. The molecule has 0 fully saturated rings. The Morgan fingerprint density at radius 1 is 1.35 bits per heavy atom. The number of hydrogen-bond acceptors (Lipinski definition) is 4. The van der Waals surface area contributed by atoms with E-state index in [0.717, 1.165) is 18.2 Å². The number of aliphatic hydroxyl groups is 1. The van der Waals surface area contributed by atoms with Crippen molar-refractivity contribution in [3.63, 3.8) is 0 Å². The van der Waals surface area contributed by atoms with Crippen molar-refractivity contribution in [2.75, 3.05) is 18.6 Å². The highest BCUT2D eigenvalue weighted by Gasteiger charge is 2.27. The van der Waals surface area contributed by atoms with E-state index < -0.39 is 32.2 Å². The van der Waals surface area contributed by atoms with Gasteiger partial charge in [-0.3, -0.25) is 0 Å². The fourth-order valence-electron chi connectivity index (χ4n) is 1.47. The van der Waals surface area contributed by atoms with Crippen LogP contribution in [0.1, 0.15) is 13.3 Å². The van der Waals surface area contributed by atoms with Gasteiger partial charge < -0.3 is 5.11 Å². The van der Waals surface area contributed by atoms with Gasteiger partial charge in [0.05, 0.1) is 5.60 Å². The van der Waals surface area contributed by atoms with Gasteiger partial charge in [-0.25, -0.2) is 21.9 Å². The average molecular weight is 325 g/mol. The SMILES string of the molecule is CSCC[C@@](C)(O)CNS(=O)(=O)c1c(F)cccc1F. The number of rotatable bonds is 7. The number of hydrogen-bond donors (Lipinski definition) is 2. The Hall–Kier alpha value is -0.700. The Balaban J connectivity index is 2.86. The van der Waals surface area contributed by atoms with Crippen LogP contribution in [0.25, 0.3) is 0 Å². The normalized spacial score (nSPS) is 15.1. The van der Waals surface area contributed by atoms with Crippen molar-refractivity contribution in [1.29, 1.82) is 0 Å². The number of nitrogens with one attached hydrogen (secondary N) is 1. The number of thioether (sulfide) groups is 1. The first-order chi connectivity index (χ1) is 9.19. The molecule has 1 aromatic rings. The van der Waals surface area contributed by atoms with E-state index in [9.17, 15) is 22.3 Å². The van der Waals surface area contributed by atoms with Gasteiger partial charge >= 0.3 is 0 Å². The van der Waals surface area contributed by atoms with E-state index in [2.05, 4.69) is 0 Å². The van der Waals surface area contributed by atoms with Crippen molar-refractivity contribution >= 4 is 21.8 Å². The van der Waals surface area contributed by atoms with Crippen LogP contribution in [0.3, 0.4) is 0 Å². The lowest BCUT2D eigenvalue weighted by atomic mass is 10.1. The predicted octanol–water partition coefficient (Wildman–Crippen LogP) is 1.75. The molecule has 0 aromatic heterocycles. The highest BCUT2D eigenvalue weighted by atomic mass is 32.2. The van der Waals surface area contributed by atoms with Crippen LogP contribution >= 0.6 is 11.8 Å². The summed E-state index contributed by atoms with van der Waals surface area (Å²) in [6.07, 6.45) is 2.21. The zero-order valence-corrected chi connectivity index (χ0v) is 12.8. The lowest BCUT2D eigenvalue weighted by Gasteiger charge is -2.23. The van der Waals surface area contributed by atoms with E-state index in [-0.39, 0.29) is 6.54 Å². The molecule has 0 amide bonds. The predicted molar refractivity (Wildman–Crippen MR) is 75.2 cm³/mol. The van der Waals surface area contributed by atoms with E-state index in [1.807, 2.05) is 11.0 Å². The first kappa shape index (κ1) is 17.4. The summed E-state index contributed by atoms with van der Waals surface area (Å²) in [6, 6.07) is 2.81. The summed E-state index contributed by atoms with van der Waals surface area (Å²) in [6.45, 7) is 1.15. The maximum atomic E-state index is 13.4. The van der Waals surface area contributed by atoms with Crippen LogP contribution in [0.5, 0.6) is 0 Å². The molecule has 1 aromatic carbocycles. The summed E-state index contributed by atoms with van der Waals surface area (Å²) in [4.78, 5) is -1.03. The van der Waals surface area contributed by atoms with Gasteiger partial charge in [0.15, 0.2) is 4.90 Å². The summed E-state index contributed by atoms with van der Waals surface area (Å²) in [7, 11) is -4.35. The van der Waals surface area contributed by atoms with Crippen molar-refractivity contribution in [2.45, 2.75) is 23.8 Å². The zero-order valence-electron chi connectivity index (χ0n) is 11.2. The van der Waals surface area contributed by atoms with Crippen molar-refractivity contribution in [2.24, 2.45) is 0 Å². The fourth-order valence-corrected chi connectivity index (χ4v) is 3.41. The van der Waals surface area contributed by atoms with Gasteiger partial charge in [-0.05, 0) is 37.5 Å². The van der Waals surface area contributed by atoms with Crippen LogP contribution in [0, 0.1) is 11.6 Å². The summed E-state index contributed by atoms with van der Waals surface area (Å²) in [5, 5.41) is 9.97. The maximum absolute atomic E-state index is 13.4. The summed E-state index contributed by atoms with van der Waals surface area (Å²) >= 11 is 1.51. The molecule has 0 unspecified atom stereocenters. The number of sulfonamides is 1. The minimum atomic E-state index is -4.35. The second-order valence-corrected chi connectivity index (χ2v) is 7.30. The minimum Gasteiger partial charge on any atom is -0.389 e. The van der Waals surface area contributed by atoms with Crippen LogP contribution < -0.4 is 4.72 Å². The van der Waals surface area contributed by atoms with Crippen LogP contribution in [0.4, 0.5) is 8.78 Å². The molecule has 0 bridgehead atoms. The standard InChI is InChI=1S/C12H17F2NO3S2/c1-12(16,6-7-19-2)8-15-20(17,18)11-9(13)4-3-5-10(11)14/h3-5,15-16H,6-8H2,1-2H3/t12-/m1/s1. The smallest absolute Gasteiger partial charge is 0.246 e. The molecule has 8 heteroatoms. The second kappa shape index (κ2) is 6.84. The maximum Gasteiger partial charge on any atom is 0.246 e. The summed E-state index contributed by atoms with van der Waals surface area (Å²) in [5.74, 6) is -1.69. The lowest BCUT2D eigenvalue weighted by Crippen LogP contribution is -2.41. The largest absolute Gasteiger partial charge is 0.389 e. The zero-order chi connectivity index (χ0) is 15.4. The van der Waals surface area contributed by atoms with Crippen LogP contribution in [0.15, 0.2) is 23.1 Å². The highest BCUT2D eigenvalue weighted by molar-refractivity contribution is 7.98. The topological polar surface area (TPSA) is 66.4 Å². The molecule has 1 atom stereocenters. The first-order valence-electron chi connectivity index (χ1n) is 5.84. The van der Waals surface area contributed by atoms with Crippen LogP contribution in [-0.2, 0) is 10.0 Å². The Bertz CT molecular complexity index is 542. The molecule has 20 heavy (non-hydrogen) atoms. The van der Waals surface area contributed by atoms with Gasteiger partial charge in [0.25, 0.3) is 0 Å². The highest BCUT2D eigenvalue weighted by Crippen LogP contribution is 2.19. The third-order valence-electron chi connectivity index (χ3n) is 2.68. The Morgan fingerprint density at radius 2 is 1.90 bits per heavy atom. The van der Waals surface area contributed by atoms with Crippen LogP contribution in [-0.4, -0.2) is 37.7 Å². The molecule has 0 heterocycles. The van der Waals surface area contributed by atoms with Gasteiger partial charge in [0.2, 0.25) is 10.0 Å². The van der Waals surface area contributed by atoms with E-state index in [4.69, 9.17) is 0 Å². The molecule has 0 saturated heterocycles. The van der Waals surface area contributed by atoms with Gasteiger partial charge in [0.1, 0.15) is 11.6 Å². The van der Waals surface area contributed by atoms with Crippen molar-refractivity contribution in [3.8, 4) is 0 Å². The average Bonchev–Trinajstić information content (AvgIpc) is 2.34. The van der Waals surface area contributed by atoms with E-state index in [1.54, 1.807) is 0 Å². The molecule has 0 aliphatic heterocycles. The third-order valence-corrected chi connectivity index (χ3v) is 4.74. The molecule has 0 aliphatic carbocycles. The molecular weight excluding hydrogens is 308 g/mol. The number of benzene rings is 1. The van der Waals surface area contributed by atoms with Crippen molar-refractivity contribution in [3.05, 3.63) is 29.8 Å². The summed E-state index contributed by atoms with van der Waals surface area (Å²) in [5.41, 5.74) is -1.28. The van der Waals surface area contributed by atoms with Crippen molar-refractivity contribution < 1.29 is 22.3 Å². The Labute approximate surface area is 121 Å². The Morgan fingerprint density at radius 3 is 2.40 bits per heavy atom. The van der Waals surface area contributed by atoms with Crippen molar-refractivity contribution in [1.82, 2.24) is 4.72 Å². The first-order valence-corrected chi connectivity index (χ1v) is 8.72. The summed E-state index contributed by atoms with van der Waals surface area (Å²) < 4.78 is 52.7. The van der Waals surface area contributed by atoms with E-state index in [0.29, 0.717) is 12.2 Å². The van der Waals surface area contributed by atoms with E-state index >= 15 is 0 Å². The van der Waals surface area contributed by atoms with Crippen LogP contribution in [0.2, 0.25) is 0 Å². The number of halogens is 2. The van der Waals surface area contributed by atoms with Gasteiger partial charge in [-0.15, -0.1) is 0 Å². The van der Waals surface area contributed by atoms with Gasteiger partial charge in [0, 0.05) is 6.54 Å². The molecule has 1 rings (SSSR count). The second-order valence-electron chi connectivity index (χ2n) is 4.62. The molecule has 2 N–H and O–H groups in total.